The highest BCUT2D eigenvalue weighted by Gasteiger charge is 2.45. The van der Waals surface area contributed by atoms with Gasteiger partial charge in [-0.05, 0) is 61.8 Å². The number of rotatable bonds is 1. The molecule has 4 rings (SSSR count). The van der Waals surface area contributed by atoms with Gasteiger partial charge in [0, 0.05) is 23.2 Å². The van der Waals surface area contributed by atoms with Crippen LogP contribution < -0.4 is 10.2 Å². The minimum atomic E-state index is -0.226. The molecule has 1 fully saturated rings. The van der Waals surface area contributed by atoms with E-state index in [2.05, 4.69) is 5.32 Å². The number of benzene rings is 2. The molecule has 0 radical (unpaired) electrons. The van der Waals surface area contributed by atoms with E-state index in [1.165, 1.54) is 6.07 Å². The predicted octanol–water partition coefficient (Wildman–Crippen LogP) is 3.11. The van der Waals surface area contributed by atoms with Crippen molar-refractivity contribution in [3.8, 4) is 0 Å². The summed E-state index contributed by atoms with van der Waals surface area (Å²) in [4.78, 5) is 14.8. The van der Waals surface area contributed by atoms with Crippen LogP contribution in [-0.4, -0.2) is 25.5 Å². The zero-order chi connectivity index (χ0) is 15.9. The Morgan fingerprint density at radius 1 is 1.09 bits per heavy atom. The lowest BCUT2D eigenvalue weighted by molar-refractivity contribution is 0.0983. The SMILES string of the molecule is O=C(c1ccccc1)N1CC2(CCNCC2)c2cc(F)ccc21. The number of anilines is 1. The first-order valence-corrected chi connectivity index (χ1v) is 8.07. The van der Waals surface area contributed by atoms with Crippen molar-refractivity contribution in [2.75, 3.05) is 24.5 Å². The van der Waals surface area contributed by atoms with Gasteiger partial charge in [-0.1, -0.05) is 18.2 Å². The van der Waals surface area contributed by atoms with Crippen molar-refractivity contribution >= 4 is 11.6 Å². The summed E-state index contributed by atoms with van der Waals surface area (Å²) in [5.41, 5.74) is 2.41. The first-order chi connectivity index (χ1) is 11.2. The Bertz CT molecular complexity index is 738. The molecule has 0 atom stereocenters. The van der Waals surface area contributed by atoms with Gasteiger partial charge in [0.2, 0.25) is 0 Å². The predicted molar refractivity (Wildman–Crippen MR) is 88.3 cm³/mol. The summed E-state index contributed by atoms with van der Waals surface area (Å²) in [5, 5.41) is 3.36. The summed E-state index contributed by atoms with van der Waals surface area (Å²) in [6.45, 7) is 2.45. The zero-order valence-electron chi connectivity index (χ0n) is 12.9. The molecule has 0 saturated carbocycles. The fourth-order valence-electron chi connectivity index (χ4n) is 3.89. The van der Waals surface area contributed by atoms with Gasteiger partial charge in [0.25, 0.3) is 5.91 Å². The van der Waals surface area contributed by atoms with E-state index in [0.717, 1.165) is 37.2 Å². The number of nitrogens with one attached hydrogen (secondary N) is 1. The van der Waals surface area contributed by atoms with Crippen LogP contribution in [0.2, 0.25) is 0 Å². The lowest BCUT2D eigenvalue weighted by Gasteiger charge is -2.34. The van der Waals surface area contributed by atoms with Crippen LogP contribution in [0.25, 0.3) is 0 Å². The number of hydrogen-bond donors (Lipinski definition) is 1. The van der Waals surface area contributed by atoms with Crippen molar-refractivity contribution in [1.29, 1.82) is 0 Å². The molecule has 118 valence electrons. The lowest BCUT2D eigenvalue weighted by Crippen LogP contribution is -2.44. The second-order valence-electron chi connectivity index (χ2n) is 6.45. The summed E-state index contributed by atoms with van der Waals surface area (Å²) in [5.74, 6) is -0.232. The third-order valence-corrected chi connectivity index (χ3v) is 5.11. The molecule has 4 heteroatoms. The van der Waals surface area contributed by atoms with Crippen molar-refractivity contribution in [3.05, 3.63) is 65.5 Å². The molecule has 0 bridgehead atoms. The fourth-order valence-corrected chi connectivity index (χ4v) is 3.89. The van der Waals surface area contributed by atoms with Crippen molar-refractivity contribution in [2.24, 2.45) is 0 Å². The third-order valence-electron chi connectivity index (χ3n) is 5.11. The van der Waals surface area contributed by atoms with E-state index < -0.39 is 0 Å². The van der Waals surface area contributed by atoms with Crippen LogP contribution in [0.15, 0.2) is 48.5 Å². The fraction of sp³-hybridized carbons (Fsp3) is 0.316. The normalized spacial score (nSPS) is 18.9. The number of hydrogen-bond acceptors (Lipinski definition) is 2. The van der Waals surface area contributed by atoms with E-state index in [1.807, 2.05) is 35.2 Å². The Kier molecular flexibility index (Phi) is 3.42. The average Bonchev–Trinajstić information content (AvgIpc) is 2.89. The maximum Gasteiger partial charge on any atom is 0.258 e. The Labute approximate surface area is 135 Å². The van der Waals surface area contributed by atoms with Gasteiger partial charge >= 0.3 is 0 Å². The summed E-state index contributed by atoms with van der Waals surface area (Å²) < 4.78 is 13.8. The molecule has 1 N–H and O–H groups in total. The van der Waals surface area contributed by atoms with Gasteiger partial charge in [-0.15, -0.1) is 0 Å². The molecule has 2 heterocycles. The molecule has 2 aromatic carbocycles. The molecule has 1 spiro atoms. The summed E-state index contributed by atoms with van der Waals surface area (Å²) in [7, 11) is 0. The van der Waals surface area contributed by atoms with Crippen LogP contribution in [0, 0.1) is 5.82 Å². The number of fused-ring (bicyclic) bond motifs is 2. The van der Waals surface area contributed by atoms with Crippen LogP contribution in [0.5, 0.6) is 0 Å². The number of nitrogens with zero attached hydrogens (tertiary/aromatic N) is 1. The highest BCUT2D eigenvalue weighted by Crippen LogP contribution is 2.46. The minimum absolute atomic E-state index is 0.00568. The molecule has 1 amide bonds. The number of amides is 1. The highest BCUT2D eigenvalue weighted by molar-refractivity contribution is 6.07. The largest absolute Gasteiger partial charge is 0.317 e. The second kappa shape index (κ2) is 5.46. The summed E-state index contributed by atoms with van der Waals surface area (Å²) >= 11 is 0. The summed E-state index contributed by atoms with van der Waals surface area (Å²) in [6, 6.07) is 14.1. The van der Waals surface area contributed by atoms with Gasteiger partial charge in [-0.25, -0.2) is 4.39 Å². The molecule has 0 unspecified atom stereocenters. The molecule has 0 aromatic heterocycles. The van der Waals surface area contributed by atoms with Crippen LogP contribution in [-0.2, 0) is 5.41 Å². The van der Waals surface area contributed by atoms with Crippen molar-refractivity contribution < 1.29 is 9.18 Å². The molecule has 2 aliphatic rings. The maximum atomic E-state index is 13.8. The van der Waals surface area contributed by atoms with Crippen molar-refractivity contribution in [2.45, 2.75) is 18.3 Å². The summed E-state index contributed by atoms with van der Waals surface area (Å²) in [6.07, 6.45) is 1.87. The first-order valence-electron chi connectivity index (χ1n) is 8.07. The number of halogens is 1. The van der Waals surface area contributed by atoms with E-state index in [-0.39, 0.29) is 17.1 Å². The Balaban J connectivity index is 1.77. The highest BCUT2D eigenvalue weighted by atomic mass is 19.1. The van der Waals surface area contributed by atoms with Gasteiger partial charge < -0.3 is 10.2 Å². The van der Waals surface area contributed by atoms with Crippen LogP contribution in [0.1, 0.15) is 28.8 Å². The number of carbonyl (C=O) groups excluding carboxylic acids is 1. The van der Waals surface area contributed by atoms with E-state index in [0.29, 0.717) is 12.1 Å². The molecule has 23 heavy (non-hydrogen) atoms. The number of carbonyl (C=O) groups is 1. The van der Waals surface area contributed by atoms with Crippen molar-refractivity contribution in [1.82, 2.24) is 5.32 Å². The molecule has 0 aliphatic carbocycles. The van der Waals surface area contributed by atoms with Crippen molar-refractivity contribution in [3.63, 3.8) is 0 Å². The third kappa shape index (κ3) is 2.34. The maximum absolute atomic E-state index is 13.8. The molecule has 3 nitrogen and oxygen atoms in total. The number of piperidine rings is 1. The van der Waals surface area contributed by atoms with Crippen LogP contribution in [0.3, 0.4) is 0 Å². The zero-order valence-corrected chi connectivity index (χ0v) is 12.9. The lowest BCUT2D eigenvalue weighted by atomic mass is 9.75. The molecular formula is C19H19FN2O. The standard InChI is InChI=1S/C19H19FN2O/c20-15-6-7-17-16(12-15)19(8-10-21-11-9-19)13-22(17)18(23)14-4-2-1-3-5-14/h1-7,12,21H,8-11,13H2. The smallest absolute Gasteiger partial charge is 0.258 e. The van der Waals surface area contributed by atoms with Gasteiger partial charge in [-0.2, -0.15) is 0 Å². The van der Waals surface area contributed by atoms with Crippen LogP contribution >= 0.6 is 0 Å². The molecule has 2 aliphatic heterocycles. The Hall–Kier alpha value is -2.20. The molecule has 1 saturated heterocycles. The van der Waals surface area contributed by atoms with Gasteiger partial charge in [-0.3, -0.25) is 4.79 Å². The second-order valence-corrected chi connectivity index (χ2v) is 6.45. The molecule has 2 aromatic rings. The Morgan fingerprint density at radius 2 is 1.83 bits per heavy atom. The quantitative estimate of drug-likeness (QED) is 0.878. The first kappa shape index (κ1) is 14.4. The Morgan fingerprint density at radius 3 is 2.57 bits per heavy atom. The molecular weight excluding hydrogens is 291 g/mol. The van der Waals surface area contributed by atoms with E-state index in [4.69, 9.17) is 0 Å². The van der Waals surface area contributed by atoms with Gasteiger partial charge in [0.05, 0.1) is 0 Å². The van der Waals surface area contributed by atoms with Crippen LogP contribution in [0.4, 0.5) is 10.1 Å². The van der Waals surface area contributed by atoms with E-state index in [1.54, 1.807) is 12.1 Å². The topological polar surface area (TPSA) is 32.3 Å². The minimum Gasteiger partial charge on any atom is -0.317 e. The van der Waals surface area contributed by atoms with Gasteiger partial charge in [0.15, 0.2) is 0 Å². The van der Waals surface area contributed by atoms with E-state index >= 15 is 0 Å². The van der Waals surface area contributed by atoms with Gasteiger partial charge in [0.1, 0.15) is 5.82 Å². The van der Waals surface area contributed by atoms with E-state index in [9.17, 15) is 9.18 Å². The monoisotopic (exact) mass is 310 g/mol. The average molecular weight is 310 g/mol.